The van der Waals surface area contributed by atoms with Crippen molar-refractivity contribution in [2.45, 2.75) is 18.9 Å². The Morgan fingerprint density at radius 2 is 2.22 bits per heavy atom. The first kappa shape index (κ1) is 11.9. The number of hydrogen-bond donors (Lipinski definition) is 0. The summed E-state index contributed by atoms with van der Waals surface area (Å²) in [4.78, 5) is 20.6. The van der Waals surface area contributed by atoms with E-state index in [2.05, 4.69) is 9.88 Å². The van der Waals surface area contributed by atoms with Gasteiger partial charge in [0.15, 0.2) is 5.13 Å². The standard InChI is InChI=1S/C12H17N3O2S/c16-11(10-2-1-8-17-10)14-4-6-15(7-5-14)12-13-3-9-18-12/h3,9-10H,1-2,4-8H2/t10-/m0/s1. The van der Waals surface area contributed by atoms with Crippen LogP contribution in [0, 0.1) is 0 Å². The van der Waals surface area contributed by atoms with Crippen LogP contribution in [0.4, 0.5) is 5.13 Å². The van der Waals surface area contributed by atoms with Gasteiger partial charge in [0.1, 0.15) is 6.10 Å². The quantitative estimate of drug-likeness (QED) is 0.801. The minimum absolute atomic E-state index is 0.172. The maximum Gasteiger partial charge on any atom is 0.251 e. The molecule has 1 aromatic heterocycles. The summed E-state index contributed by atoms with van der Waals surface area (Å²) in [6, 6.07) is 0. The van der Waals surface area contributed by atoms with Gasteiger partial charge < -0.3 is 14.5 Å². The number of amides is 1. The van der Waals surface area contributed by atoms with E-state index in [0.717, 1.165) is 50.8 Å². The van der Waals surface area contributed by atoms with Crippen LogP contribution in [-0.2, 0) is 9.53 Å². The van der Waals surface area contributed by atoms with Gasteiger partial charge in [0, 0.05) is 44.4 Å². The zero-order valence-corrected chi connectivity index (χ0v) is 11.1. The van der Waals surface area contributed by atoms with Crippen molar-refractivity contribution in [3.63, 3.8) is 0 Å². The lowest BCUT2D eigenvalue weighted by atomic mass is 10.2. The van der Waals surface area contributed by atoms with Gasteiger partial charge >= 0.3 is 0 Å². The minimum atomic E-state index is -0.184. The molecule has 0 radical (unpaired) electrons. The second kappa shape index (κ2) is 5.24. The number of carbonyl (C=O) groups is 1. The SMILES string of the molecule is O=C([C@@H]1CCCO1)N1CCN(c2nccs2)CC1. The van der Waals surface area contributed by atoms with Crippen LogP contribution >= 0.6 is 11.3 Å². The van der Waals surface area contributed by atoms with Crippen LogP contribution in [0.3, 0.4) is 0 Å². The zero-order valence-electron chi connectivity index (χ0n) is 10.2. The summed E-state index contributed by atoms with van der Waals surface area (Å²) in [5.74, 6) is 0.172. The highest BCUT2D eigenvalue weighted by Crippen LogP contribution is 2.20. The molecule has 2 saturated heterocycles. The van der Waals surface area contributed by atoms with Gasteiger partial charge in [-0.25, -0.2) is 4.98 Å². The van der Waals surface area contributed by atoms with Gasteiger partial charge in [0.25, 0.3) is 5.91 Å². The number of anilines is 1. The van der Waals surface area contributed by atoms with Gasteiger partial charge in [-0.3, -0.25) is 4.79 Å². The summed E-state index contributed by atoms with van der Waals surface area (Å²) in [6.45, 7) is 4.02. The summed E-state index contributed by atoms with van der Waals surface area (Å²) in [7, 11) is 0. The van der Waals surface area contributed by atoms with Crippen LogP contribution in [0.5, 0.6) is 0 Å². The monoisotopic (exact) mass is 267 g/mol. The van der Waals surface area contributed by atoms with E-state index in [4.69, 9.17) is 4.74 Å². The van der Waals surface area contributed by atoms with E-state index in [0.29, 0.717) is 0 Å². The Labute approximate surface area is 110 Å². The Kier molecular flexibility index (Phi) is 3.47. The lowest BCUT2D eigenvalue weighted by Crippen LogP contribution is -2.51. The Morgan fingerprint density at radius 1 is 1.39 bits per heavy atom. The van der Waals surface area contributed by atoms with Crippen LogP contribution in [-0.4, -0.2) is 54.7 Å². The van der Waals surface area contributed by atoms with Gasteiger partial charge in [0.2, 0.25) is 0 Å². The maximum atomic E-state index is 12.2. The summed E-state index contributed by atoms with van der Waals surface area (Å²) in [6.07, 6.45) is 3.53. The molecule has 3 rings (SSSR count). The van der Waals surface area contributed by atoms with Gasteiger partial charge in [-0.15, -0.1) is 11.3 Å². The third-order valence-corrected chi connectivity index (χ3v) is 4.32. The third kappa shape index (κ3) is 2.35. The van der Waals surface area contributed by atoms with Crippen molar-refractivity contribution in [1.82, 2.24) is 9.88 Å². The highest BCUT2D eigenvalue weighted by atomic mass is 32.1. The molecule has 2 aliphatic rings. The van der Waals surface area contributed by atoms with Crippen molar-refractivity contribution in [2.75, 3.05) is 37.7 Å². The zero-order chi connectivity index (χ0) is 12.4. The smallest absolute Gasteiger partial charge is 0.251 e. The van der Waals surface area contributed by atoms with Gasteiger partial charge in [-0.2, -0.15) is 0 Å². The second-order valence-corrected chi connectivity index (χ2v) is 5.50. The molecule has 3 heterocycles. The Hall–Kier alpha value is -1.14. The predicted octanol–water partition coefficient (Wildman–Crippen LogP) is 0.971. The fraction of sp³-hybridized carbons (Fsp3) is 0.667. The van der Waals surface area contributed by atoms with E-state index in [1.165, 1.54) is 0 Å². The molecule has 1 amide bonds. The van der Waals surface area contributed by atoms with Gasteiger partial charge in [-0.1, -0.05) is 0 Å². The molecule has 0 spiro atoms. The van der Waals surface area contributed by atoms with E-state index < -0.39 is 0 Å². The lowest BCUT2D eigenvalue weighted by molar-refractivity contribution is -0.141. The molecule has 2 aliphatic heterocycles. The molecule has 98 valence electrons. The normalized spacial score (nSPS) is 24.6. The molecule has 0 saturated carbocycles. The topological polar surface area (TPSA) is 45.7 Å². The first-order chi connectivity index (χ1) is 8.84. The van der Waals surface area contributed by atoms with E-state index in [-0.39, 0.29) is 12.0 Å². The van der Waals surface area contributed by atoms with Crippen LogP contribution in [0.25, 0.3) is 0 Å². The van der Waals surface area contributed by atoms with Crippen molar-refractivity contribution < 1.29 is 9.53 Å². The van der Waals surface area contributed by atoms with Crippen molar-refractivity contribution in [1.29, 1.82) is 0 Å². The number of thiazole rings is 1. The Morgan fingerprint density at radius 3 is 2.83 bits per heavy atom. The fourth-order valence-electron chi connectivity index (χ4n) is 2.47. The van der Waals surface area contributed by atoms with Gasteiger partial charge in [-0.05, 0) is 12.8 Å². The molecule has 0 bridgehead atoms. The molecule has 0 N–H and O–H groups in total. The summed E-state index contributed by atoms with van der Waals surface area (Å²) >= 11 is 1.65. The molecular weight excluding hydrogens is 250 g/mol. The molecule has 0 aromatic carbocycles. The molecule has 1 aromatic rings. The number of carbonyl (C=O) groups excluding carboxylic acids is 1. The highest BCUT2D eigenvalue weighted by molar-refractivity contribution is 7.13. The molecular formula is C12H17N3O2S. The number of aromatic nitrogens is 1. The van der Waals surface area contributed by atoms with Crippen LogP contribution in [0.15, 0.2) is 11.6 Å². The van der Waals surface area contributed by atoms with E-state index in [1.54, 1.807) is 11.3 Å². The van der Waals surface area contributed by atoms with E-state index >= 15 is 0 Å². The van der Waals surface area contributed by atoms with Crippen molar-refractivity contribution >= 4 is 22.4 Å². The number of ether oxygens (including phenoxy) is 1. The highest BCUT2D eigenvalue weighted by Gasteiger charge is 2.30. The van der Waals surface area contributed by atoms with Crippen molar-refractivity contribution in [2.24, 2.45) is 0 Å². The molecule has 5 nitrogen and oxygen atoms in total. The molecule has 1 atom stereocenters. The Balaban J connectivity index is 1.55. The number of rotatable bonds is 2. The van der Waals surface area contributed by atoms with E-state index in [9.17, 15) is 4.79 Å². The Bertz CT molecular complexity index is 395. The molecule has 2 fully saturated rings. The molecule has 0 aliphatic carbocycles. The van der Waals surface area contributed by atoms with Crippen molar-refractivity contribution in [3.8, 4) is 0 Å². The molecule has 18 heavy (non-hydrogen) atoms. The maximum absolute atomic E-state index is 12.2. The molecule has 6 heteroatoms. The first-order valence-electron chi connectivity index (χ1n) is 6.39. The number of nitrogens with zero attached hydrogens (tertiary/aromatic N) is 3. The first-order valence-corrected chi connectivity index (χ1v) is 7.27. The lowest BCUT2D eigenvalue weighted by Gasteiger charge is -2.35. The third-order valence-electron chi connectivity index (χ3n) is 3.49. The van der Waals surface area contributed by atoms with E-state index in [1.807, 2.05) is 16.5 Å². The van der Waals surface area contributed by atoms with Crippen molar-refractivity contribution in [3.05, 3.63) is 11.6 Å². The van der Waals surface area contributed by atoms with Crippen LogP contribution in [0.2, 0.25) is 0 Å². The second-order valence-electron chi connectivity index (χ2n) is 4.63. The average Bonchev–Trinajstić information content (AvgIpc) is 3.11. The summed E-state index contributed by atoms with van der Waals surface area (Å²) in [5, 5.41) is 3.04. The van der Waals surface area contributed by atoms with Crippen LogP contribution < -0.4 is 4.90 Å². The van der Waals surface area contributed by atoms with Crippen LogP contribution in [0.1, 0.15) is 12.8 Å². The minimum Gasteiger partial charge on any atom is -0.368 e. The summed E-state index contributed by atoms with van der Waals surface area (Å²) < 4.78 is 5.45. The molecule has 0 unspecified atom stereocenters. The predicted molar refractivity (Wildman–Crippen MR) is 69.9 cm³/mol. The number of hydrogen-bond acceptors (Lipinski definition) is 5. The van der Waals surface area contributed by atoms with Gasteiger partial charge in [0.05, 0.1) is 0 Å². The summed E-state index contributed by atoms with van der Waals surface area (Å²) in [5.41, 5.74) is 0. The number of piperazine rings is 1. The fourth-order valence-corrected chi connectivity index (χ4v) is 3.16. The largest absolute Gasteiger partial charge is 0.368 e. The average molecular weight is 267 g/mol.